The fraction of sp³-hybridized carbons (Fsp3) is 0.308. The molecule has 0 amide bonds. The number of imidazole rings is 1. The van der Waals surface area contributed by atoms with Crippen molar-refractivity contribution in [2.24, 2.45) is 0 Å². The fourth-order valence-electron chi connectivity index (χ4n) is 1.32. The number of aryl methyl sites for hydroxylation is 1. The first kappa shape index (κ1) is 11.5. The summed E-state index contributed by atoms with van der Waals surface area (Å²) in [6, 6.07) is 8.46. The van der Waals surface area contributed by atoms with Crippen LogP contribution in [0.3, 0.4) is 0 Å². The van der Waals surface area contributed by atoms with Crippen LogP contribution in [0.2, 0.25) is 0 Å². The highest BCUT2D eigenvalue weighted by Crippen LogP contribution is 2.14. The van der Waals surface area contributed by atoms with E-state index in [9.17, 15) is 0 Å². The first-order valence-electron chi connectivity index (χ1n) is 5.49. The van der Waals surface area contributed by atoms with Crippen molar-refractivity contribution in [1.82, 2.24) is 9.97 Å². The molecule has 0 aliphatic rings. The highest BCUT2D eigenvalue weighted by molar-refractivity contribution is 5.54. The molecule has 1 aromatic carbocycles. The van der Waals surface area contributed by atoms with Crippen LogP contribution in [0.15, 0.2) is 36.7 Å². The van der Waals surface area contributed by atoms with Gasteiger partial charge >= 0.3 is 0 Å². The lowest BCUT2D eigenvalue weighted by atomic mass is 10.1. The van der Waals surface area contributed by atoms with Gasteiger partial charge in [-0.05, 0) is 12.0 Å². The van der Waals surface area contributed by atoms with Crippen molar-refractivity contribution in [1.29, 1.82) is 0 Å². The molecule has 2 aromatic rings. The van der Waals surface area contributed by atoms with Crippen molar-refractivity contribution in [3.05, 3.63) is 42.2 Å². The molecule has 80 valence electrons. The van der Waals surface area contributed by atoms with E-state index >= 15 is 0 Å². The number of hydrogen-bond acceptors (Lipinski definition) is 1. The highest BCUT2D eigenvalue weighted by atomic mass is 14.9. The zero-order valence-corrected chi connectivity index (χ0v) is 9.62. The van der Waals surface area contributed by atoms with E-state index in [0.717, 1.165) is 17.8 Å². The molecule has 0 radical (unpaired) electrons. The van der Waals surface area contributed by atoms with Crippen LogP contribution in [0.25, 0.3) is 11.4 Å². The van der Waals surface area contributed by atoms with E-state index in [1.54, 1.807) is 6.20 Å². The maximum absolute atomic E-state index is 4.19. The van der Waals surface area contributed by atoms with E-state index in [0.29, 0.717) is 0 Å². The van der Waals surface area contributed by atoms with E-state index in [4.69, 9.17) is 0 Å². The summed E-state index contributed by atoms with van der Waals surface area (Å²) in [5.41, 5.74) is 2.50. The maximum Gasteiger partial charge on any atom is 0.137 e. The Bertz CT molecular complexity index is 360. The number of aromatic nitrogens is 2. The Kier molecular flexibility index (Phi) is 4.61. The normalized spacial score (nSPS) is 9.27. The largest absolute Gasteiger partial charge is 0.345 e. The van der Waals surface area contributed by atoms with Gasteiger partial charge in [0.25, 0.3) is 0 Å². The van der Waals surface area contributed by atoms with Gasteiger partial charge in [0.2, 0.25) is 0 Å². The highest BCUT2D eigenvalue weighted by Gasteiger charge is 1.97. The first-order valence-corrected chi connectivity index (χ1v) is 5.49. The third kappa shape index (κ3) is 2.94. The van der Waals surface area contributed by atoms with Gasteiger partial charge in [-0.1, -0.05) is 45.0 Å². The van der Waals surface area contributed by atoms with Gasteiger partial charge in [0.15, 0.2) is 0 Å². The summed E-state index contributed by atoms with van der Waals surface area (Å²) in [4.78, 5) is 7.27. The van der Waals surface area contributed by atoms with Crippen LogP contribution in [-0.4, -0.2) is 9.97 Å². The van der Waals surface area contributed by atoms with E-state index < -0.39 is 0 Å². The Labute approximate surface area is 91.4 Å². The first-order chi connectivity index (χ1) is 7.40. The molecular formula is C13H18N2. The molecule has 2 heteroatoms. The summed E-state index contributed by atoms with van der Waals surface area (Å²) in [5, 5.41) is 0. The fourth-order valence-corrected chi connectivity index (χ4v) is 1.32. The molecule has 1 heterocycles. The molecule has 0 unspecified atom stereocenters. The summed E-state index contributed by atoms with van der Waals surface area (Å²) in [6.45, 7) is 6.15. The number of rotatable bonds is 2. The van der Waals surface area contributed by atoms with Crippen LogP contribution < -0.4 is 0 Å². The molecule has 1 N–H and O–H groups in total. The topological polar surface area (TPSA) is 28.7 Å². The van der Waals surface area contributed by atoms with Crippen molar-refractivity contribution >= 4 is 0 Å². The second-order valence-electron chi connectivity index (χ2n) is 2.99. The van der Waals surface area contributed by atoms with Crippen molar-refractivity contribution in [3.8, 4) is 11.4 Å². The van der Waals surface area contributed by atoms with Crippen LogP contribution in [0.4, 0.5) is 0 Å². The molecule has 2 rings (SSSR count). The molecule has 0 aliphatic heterocycles. The Hall–Kier alpha value is -1.57. The minimum absolute atomic E-state index is 0.933. The second kappa shape index (κ2) is 6.02. The third-order valence-corrected chi connectivity index (χ3v) is 2.13. The number of nitrogens with one attached hydrogen (secondary N) is 1. The van der Waals surface area contributed by atoms with Gasteiger partial charge < -0.3 is 4.98 Å². The number of H-pyrrole nitrogens is 1. The SMILES string of the molecule is CC.CCc1ccc(-c2ncc[nH]2)cc1. The Balaban J connectivity index is 0.000000531. The predicted octanol–water partition coefficient (Wildman–Crippen LogP) is 3.67. The van der Waals surface area contributed by atoms with Crippen LogP contribution in [0.5, 0.6) is 0 Å². The summed E-state index contributed by atoms with van der Waals surface area (Å²) >= 11 is 0. The van der Waals surface area contributed by atoms with Crippen molar-refractivity contribution in [2.75, 3.05) is 0 Å². The molecule has 0 saturated heterocycles. The smallest absolute Gasteiger partial charge is 0.137 e. The van der Waals surface area contributed by atoms with Crippen molar-refractivity contribution in [2.45, 2.75) is 27.2 Å². The zero-order chi connectivity index (χ0) is 11.1. The van der Waals surface area contributed by atoms with Gasteiger partial charge in [-0.2, -0.15) is 0 Å². The lowest BCUT2D eigenvalue weighted by Gasteiger charge is -1.98. The average molecular weight is 202 g/mol. The molecule has 1 aromatic heterocycles. The molecule has 0 atom stereocenters. The minimum atomic E-state index is 0.933. The predicted molar refractivity (Wildman–Crippen MR) is 64.7 cm³/mol. The zero-order valence-electron chi connectivity index (χ0n) is 9.62. The van der Waals surface area contributed by atoms with Gasteiger partial charge in [0.05, 0.1) is 0 Å². The number of aromatic amines is 1. The summed E-state index contributed by atoms with van der Waals surface area (Å²) in [7, 11) is 0. The number of hydrogen-bond donors (Lipinski definition) is 1. The van der Waals surface area contributed by atoms with Crippen LogP contribution in [-0.2, 0) is 6.42 Å². The van der Waals surface area contributed by atoms with Gasteiger partial charge in [0.1, 0.15) is 5.82 Å². The lowest BCUT2D eigenvalue weighted by Crippen LogP contribution is -1.82. The van der Waals surface area contributed by atoms with Crippen LogP contribution >= 0.6 is 0 Å². The molecular weight excluding hydrogens is 184 g/mol. The Morgan fingerprint density at radius 1 is 1.13 bits per heavy atom. The molecule has 2 nitrogen and oxygen atoms in total. The average Bonchev–Trinajstić information content (AvgIpc) is 2.85. The summed E-state index contributed by atoms with van der Waals surface area (Å²) in [5.74, 6) is 0.933. The van der Waals surface area contributed by atoms with E-state index in [1.165, 1.54) is 5.56 Å². The molecule has 0 spiro atoms. The Morgan fingerprint density at radius 3 is 2.27 bits per heavy atom. The minimum Gasteiger partial charge on any atom is -0.345 e. The number of nitrogens with zero attached hydrogens (tertiary/aromatic N) is 1. The second-order valence-corrected chi connectivity index (χ2v) is 2.99. The van der Waals surface area contributed by atoms with E-state index in [2.05, 4.69) is 41.2 Å². The van der Waals surface area contributed by atoms with Gasteiger partial charge in [-0.15, -0.1) is 0 Å². The molecule has 0 fully saturated rings. The van der Waals surface area contributed by atoms with Crippen molar-refractivity contribution < 1.29 is 0 Å². The quantitative estimate of drug-likeness (QED) is 0.791. The summed E-state index contributed by atoms with van der Waals surface area (Å²) in [6.07, 6.45) is 4.69. The monoisotopic (exact) mass is 202 g/mol. The summed E-state index contributed by atoms with van der Waals surface area (Å²) < 4.78 is 0. The van der Waals surface area contributed by atoms with Crippen LogP contribution in [0, 0.1) is 0 Å². The number of benzene rings is 1. The van der Waals surface area contributed by atoms with Crippen LogP contribution in [0.1, 0.15) is 26.3 Å². The lowest BCUT2D eigenvalue weighted by molar-refractivity contribution is 1.14. The maximum atomic E-state index is 4.19. The van der Waals surface area contributed by atoms with E-state index in [1.807, 2.05) is 20.0 Å². The third-order valence-electron chi connectivity index (χ3n) is 2.13. The molecule has 15 heavy (non-hydrogen) atoms. The molecule has 0 bridgehead atoms. The molecule has 0 saturated carbocycles. The molecule has 0 aliphatic carbocycles. The Morgan fingerprint density at radius 2 is 1.80 bits per heavy atom. The van der Waals surface area contributed by atoms with Crippen molar-refractivity contribution in [3.63, 3.8) is 0 Å². The van der Waals surface area contributed by atoms with Gasteiger partial charge in [-0.3, -0.25) is 0 Å². The van der Waals surface area contributed by atoms with Gasteiger partial charge in [-0.25, -0.2) is 4.98 Å². The standard InChI is InChI=1S/C11H12N2.C2H6/c1-2-9-3-5-10(6-4-9)11-12-7-8-13-11;1-2/h3-8H,2H2,1H3,(H,12,13);1-2H3. The van der Waals surface area contributed by atoms with Gasteiger partial charge in [0, 0.05) is 18.0 Å². The van der Waals surface area contributed by atoms with E-state index in [-0.39, 0.29) is 0 Å².